The van der Waals surface area contributed by atoms with Gasteiger partial charge >= 0.3 is 0 Å². The molecule has 0 aromatic heterocycles. The lowest BCUT2D eigenvalue weighted by Gasteiger charge is -2.31. The van der Waals surface area contributed by atoms with E-state index in [4.69, 9.17) is 0 Å². The SMILES string of the molecule is C[C@@H]1CN(c2ccccc2)C(=O)[C@@]12CC=CC(=O)C2. The second kappa shape index (κ2) is 4.34. The monoisotopic (exact) mass is 255 g/mol. The van der Waals surface area contributed by atoms with Gasteiger partial charge in [-0.25, -0.2) is 0 Å². The molecule has 19 heavy (non-hydrogen) atoms. The first-order valence-corrected chi connectivity index (χ1v) is 6.70. The van der Waals surface area contributed by atoms with Gasteiger partial charge < -0.3 is 4.90 Å². The molecule has 3 nitrogen and oxygen atoms in total. The number of hydrogen-bond donors (Lipinski definition) is 0. The molecule has 1 spiro atoms. The van der Waals surface area contributed by atoms with E-state index in [1.165, 1.54) is 0 Å². The number of ketones is 1. The maximum atomic E-state index is 12.8. The van der Waals surface area contributed by atoms with Crippen LogP contribution in [0.1, 0.15) is 19.8 Å². The highest BCUT2D eigenvalue weighted by Gasteiger charge is 2.53. The number of anilines is 1. The van der Waals surface area contributed by atoms with Gasteiger partial charge in [-0.2, -0.15) is 0 Å². The second-order valence-electron chi connectivity index (χ2n) is 5.56. The number of rotatable bonds is 1. The Balaban J connectivity index is 1.96. The number of benzene rings is 1. The van der Waals surface area contributed by atoms with Gasteiger partial charge in [0, 0.05) is 18.7 Å². The predicted molar refractivity (Wildman–Crippen MR) is 73.8 cm³/mol. The minimum absolute atomic E-state index is 0.0707. The Kier molecular flexibility index (Phi) is 2.77. The van der Waals surface area contributed by atoms with Crippen LogP contribution in [-0.2, 0) is 9.59 Å². The average Bonchev–Trinajstić information content (AvgIpc) is 2.65. The highest BCUT2D eigenvalue weighted by molar-refractivity contribution is 6.05. The third kappa shape index (κ3) is 1.81. The number of para-hydroxylation sites is 1. The Bertz CT molecular complexity index is 549. The van der Waals surface area contributed by atoms with Gasteiger partial charge in [0.05, 0.1) is 5.41 Å². The summed E-state index contributed by atoms with van der Waals surface area (Å²) >= 11 is 0. The second-order valence-corrected chi connectivity index (χ2v) is 5.56. The van der Waals surface area contributed by atoms with Gasteiger partial charge in [-0.05, 0) is 30.5 Å². The Labute approximate surface area is 112 Å². The van der Waals surface area contributed by atoms with Crippen molar-refractivity contribution in [1.29, 1.82) is 0 Å². The zero-order chi connectivity index (χ0) is 13.5. The van der Waals surface area contributed by atoms with Gasteiger partial charge in [0.15, 0.2) is 5.78 Å². The van der Waals surface area contributed by atoms with Gasteiger partial charge in [-0.3, -0.25) is 9.59 Å². The molecule has 0 bridgehead atoms. The van der Waals surface area contributed by atoms with Crippen LogP contribution in [0.15, 0.2) is 42.5 Å². The highest BCUT2D eigenvalue weighted by atomic mass is 16.2. The summed E-state index contributed by atoms with van der Waals surface area (Å²) in [5.74, 6) is 0.374. The Morgan fingerprint density at radius 2 is 1.95 bits per heavy atom. The standard InChI is InChI=1S/C16H17NO2/c1-12-11-17(13-6-3-2-4-7-13)15(19)16(12)9-5-8-14(18)10-16/h2-8,12H,9-11H2,1H3/t12-,16-/m1/s1. The van der Waals surface area contributed by atoms with E-state index in [1.54, 1.807) is 6.08 Å². The smallest absolute Gasteiger partial charge is 0.234 e. The largest absolute Gasteiger partial charge is 0.312 e. The summed E-state index contributed by atoms with van der Waals surface area (Å²) in [6.07, 6.45) is 4.50. The summed E-state index contributed by atoms with van der Waals surface area (Å²) in [4.78, 5) is 26.3. The van der Waals surface area contributed by atoms with Crippen LogP contribution in [0.5, 0.6) is 0 Å². The lowest BCUT2D eigenvalue weighted by Crippen LogP contribution is -2.39. The molecule has 1 fully saturated rings. The number of amides is 1. The van der Waals surface area contributed by atoms with E-state index in [2.05, 4.69) is 6.92 Å². The zero-order valence-electron chi connectivity index (χ0n) is 11.0. The molecule has 1 aromatic carbocycles. The first-order valence-electron chi connectivity index (χ1n) is 6.70. The fraction of sp³-hybridized carbons (Fsp3) is 0.375. The summed E-state index contributed by atoms with van der Waals surface area (Å²) in [6.45, 7) is 2.78. The minimum atomic E-state index is -0.512. The lowest BCUT2D eigenvalue weighted by molar-refractivity contribution is -0.132. The third-order valence-electron chi connectivity index (χ3n) is 4.41. The van der Waals surface area contributed by atoms with E-state index in [0.717, 1.165) is 5.69 Å². The Morgan fingerprint density at radius 1 is 1.21 bits per heavy atom. The van der Waals surface area contributed by atoms with Gasteiger partial charge in [0.2, 0.25) is 5.91 Å². The molecule has 1 amide bonds. The van der Waals surface area contributed by atoms with Gasteiger partial charge in [-0.15, -0.1) is 0 Å². The highest BCUT2D eigenvalue weighted by Crippen LogP contribution is 2.46. The van der Waals surface area contributed by atoms with E-state index >= 15 is 0 Å². The first-order chi connectivity index (χ1) is 9.13. The van der Waals surface area contributed by atoms with Crippen LogP contribution >= 0.6 is 0 Å². The summed E-state index contributed by atoms with van der Waals surface area (Å²) in [6, 6.07) is 9.71. The molecule has 98 valence electrons. The van der Waals surface area contributed by atoms with Crippen LogP contribution in [0.25, 0.3) is 0 Å². The van der Waals surface area contributed by atoms with Crippen LogP contribution < -0.4 is 4.90 Å². The number of allylic oxidation sites excluding steroid dienone is 2. The van der Waals surface area contributed by atoms with Crippen LogP contribution in [-0.4, -0.2) is 18.2 Å². The molecule has 2 aliphatic rings. The number of carbonyl (C=O) groups is 2. The molecule has 3 heteroatoms. The van der Waals surface area contributed by atoms with Crippen molar-refractivity contribution >= 4 is 17.4 Å². The van der Waals surface area contributed by atoms with E-state index in [1.807, 2.05) is 41.3 Å². The van der Waals surface area contributed by atoms with E-state index in [-0.39, 0.29) is 17.6 Å². The van der Waals surface area contributed by atoms with Crippen LogP contribution in [0.3, 0.4) is 0 Å². The number of carbonyl (C=O) groups excluding carboxylic acids is 2. The van der Waals surface area contributed by atoms with E-state index < -0.39 is 5.41 Å². The van der Waals surface area contributed by atoms with Crippen molar-refractivity contribution in [3.8, 4) is 0 Å². The molecular formula is C16H17NO2. The molecule has 2 atom stereocenters. The van der Waals surface area contributed by atoms with Crippen molar-refractivity contribution in [2.24, 2.45) is 11.3 Å². The average molecular weight is 255 g/mol. The molecule has 0 unspecified atom stereocenters. The predicted octanol–water partition coefficient (Wildman–Crippen LogP) is 2.57. The molecule has 1 aliphatic carbocycles. The summed E-state index contributed by atoms with van der Waals surface area (Å²) in [5.41, 5.74) is 0.417. The minimum Gasteiger partial charge on any atom is -0.312 e. The summed E-state index contributed by atoms with van der Waals surface area (Å²) in [5, 5.41) is 0. The van der Waals surface area contributed by atoms with Gasteiger partial charge in [-0.1, -0.05) is 31.2 Å². The molecule has 0 radical (unpaired) electrons. The number of hydrogen-bond acceptors (Lipinski definition) is 2. The molecule has 0 N–H and O–H groups in total. The summed E-state index contributed by atoms with van der Waals surface area (Å²) < 4.78 is 0. The topological polar surface area (TPSA) is 37.4 Å². The zero-order valence-corrected chi connectivity index (χ0v) is 11.0. The summed E-state index contributed by atoms with van der Waals surface area (Å²) in [7, 11) is 0. The fourth-order valence-corrected chi connectivity index (χ4v) is 3.22. The normalized spacial score (nSPS) is 30.4. The van der Waals surface area contributed by atoms with E-state index in [0.29, 0.717) is 19.4 Å². The molecule has 1 saturated heterocycles. The van der Waals surface area contributed by atoms with Crippen molar-refractivity contribution in [1.82, 2.24) is 0 Å². The van der Waals surface area contributed by atoms with Crippen molar-refractivity contribution < 1.29 is 9.59 Å². The molecule has 1 heterocycles. The van der Waals surface area contributed by atoms with E-state index in [9.17, 15) is 9.59 Å². The molecule has 3 rings (SSSR count). The van der Waals surface area contributed by atoms with Crippen LogP contribution in [0, 0.1) is 11.3 Å². The van der Waals surface area contributed by atoms with Crippen molar-refractivity contribution in [3.05, 3.63) is 42.5 Å². The maximum Gasteiger partial charge on any atom is 0.234 e. The lowest BCUT2D eigenvalue weighted by atomic mass is 9.70. The van der Waals surface area contributed by atoms with Gasteiger partial charge in [0.1, 0.15) is 0 Å². The molecule has 0 saturated carbocycles. The molecule has 1 aliphatic heterocycles. The Morgan fingerprint density at radius 3 is 2.63 bits per heavy atom. The molecular weight excluding hydrogens is 238 g/mol. The Hall–Kier alpha value is -1.90. The van der Waals surface area contributed by atoms with Crippen molar-refractivity contribution in [2.75, 3.05) is 11.4 Å². The number of nitrogens with zero attached hydrogens (tertiary/aromatic N) is 1. The maximum absolute atomic E-state index is 12.8. The first kappa shape index (κ1) is 12.2. The third-order valence-corrected chi connectivity index (χ3v) is 4.41. The van der Waals surface area contributed by atoms with Crippen molar-refractivity contribution in [3.63, 3.8) is 0 Å². The van der Waals surface area contributed by atoms with Crippen LogP contribution in [0.2, 0.25) is 0 Å². The quantitative estimate of drug-likeness (QED) is 0.773. The van der Waals surface area contributed by atoms with Crippen molar-refractivity contribution in [2.45, 2.75) is 19.8 Å². The molecule has 1 aromatic rings. The van der Waals surface area contributed by atoms with Gasteiger partial charge in [0.25, 0.3) is 0 Å². The fourth-order valence-electron chi connectivity index (χ4n) is 3.22. The van der Waals surface area contributed by atoms with Crippen LogP contribution in [0.4, 0.5) is 5.69 Å².